The molecule has 106 valence electrons. The summed E-state index contributed by atoms with van der Waals surface area (Å²) in [5.74, 6) is 0.355. The van der Waals surface area contributed by atoms with Crippen molar-refractivity contribution >= 4 is 17.4 Å². The van der Waals surface area contributed by atoms with Gasteiger partial charge in [0.05, 0.1) is 31.7 Å². The fourth-order valence-corrected chi connectivity index (χ4v) is 1.34. The summed E-state index contributed by atoms with van der Waals surface area (Å²) in [6.07, 6.45) is 1.91. The van der Waals surface area contributed by atoms with Crippen molar-refractivity contribution in [2.24, 2.45) is 5.73 Å². The lowest BCUT2D eigenvalue weighted by atomic mass is 10.3. The van der Waals surface area contributed by atoms with Crippen LogP contribution in [0.25, 0.3) is 0 Å². The molecule has 0 saturated heterocycles. The van der Waals surface area contributed by atoms with Gasteiger partial charge in [0.2, 0.25) is 5.91 Å². The van der Waals surface area contributed by atoms with E-state index in [0.717, 1.165) is 5.69 Å². The second-order valence-corrected chi connectivity index (χ2v) is 3.78. The highest BCUT2D eigenvalue weighted by Crippen LogP contribution is 2.09. The number of ether oxygens (including phenoxy) is 1. The fraction of sp³-hybridized carbons (Fsp3) is 0.500. The topological polar surface area (TPSA) is 110 Å². The Kier molecular flexibility index (Phi) is 7.48. The van der Waals surface area contributed by atoms with Gasteiger partial charge in [0.25, 0.3) is 0 Å². The molecule has 1 aromatic heterocycles. The number of aliphatic hydroxyl groups excluding tert-OH is 1. The monoisotopic (exact) mass is 268 g/mol. The third-order valence-corrected chi connectivity index (χ3v) is 2.21. The van der Waals surface area contributed by atoms with Crippen LogP contribution < -0.4 is 16.4 Å². The number of rotatable bonds is 9. The van der Waals surface area contributed by atoms with Crippen molar-refractivity contribution in [1.82, 2.24) is 4.98 Å². The van der Waals surface area contributed by atoms with E-state index in [1.54, 1.807) is 12.3 Å². The number of aromatic nitrogens is 1. The molecule has 1 amide bonds. The molecular weight excluding hydrogens is 248 g/mol. The summed E-state index contributed by atoms with van der Waals surface area (Å²) < 4.78 is 5.11. The maximum absolute atomic E-state index is 11.3. The highest BCUT2D eigenvalue weighted by molar-refractivity contribution is 5.89. The van der Waals surface area contributed by atoms with Crippen molar-refractivity contribution in [1.29, 1.82) is 0 Å². The lowest BCUT2D eigenvalue weighted by Crippen LogP contribution is -2.17. The number of aliphatic hydroxyl groups is 1. The van der Waals surface area contributed by atoms with E-state index in [-0.39, 0.29) is 18.9 Å². The maximum Gasteiger partial charge on any atom is 0.226 e. The van der Waals surface area contributed by atoms with E-state index in [4.69, 9.17) is 15.6 Å². The molecule has 1 heterocycles. The average Bonchev–Trinajstić information content (AvgIpc) is 2.41. The quantitative estimate of drug-likeness (QED) is 0.461. The Labute approximate surface area is 112 Å². The van der Waals surface area contributed by atoms with Crippen LogP contribution in [0, 0.1) is 0 Å². The molecule has 0 bridgehead atoms. The van der Waals surface area contributed by atoms with Crippen LogP contribution in [-0.4, -0.2) is 48.9 Å². The van der Waals surface area contributed by atoms with Gasteiger partial charge in [-0.1, -0.05) is 0 Å². The SMILES string of the molecule is NCCC(=O)Nc1ccc(NCCOCCO)cn1. The molecule has 0 radical (unpaired) electrons. The first kappa shape index (κ1) is 15.4. The van der Waals surface area contributed by atoms with Crippen LogP contribution in [0.4, 0.5) is 11.5 Å². The number of carbonyl (C=O) groups excluding carboxylic acids is 1. The van der Waals surface area contributed by atoms with Crippen molar-refractivity contribution in [3.8, 4) is 0 Å². The number of anilines is 2. The first-order valence-electron chi connectivity index (χ1n) is 6.14. The number of hydrogen-bond donors (Lipinski definition) is 4. The summed E-state index contributed by atoms with van der Waals surface area (Å²) in [5.41, 5.74) is 6.12. The number of hydrogen-bond acceptors (Lipinski definition) is 6. The average molecular weight is 268 g/mol. The van der Waals surface area contributed by atoms with Crippen molar-refractivity contribution < 1.29 is 14.6 Å². The molecular formula is C12H20N4O3. The van der Waals surface area contributed by atoms with Crippen LogP contribution in [0.2, 0.25) is 0 Å². The Morgan fingerprint density at radius 2 is 2.26 bits per heavy atom. The van der Waals surface area contributed by atoms with E-state index in [9.17, 15) is 4.79 Å². The molecule has 7 heteroatoms. The molecule has 5 N–H and O–H groups in total. The summed E-state index contributed by atoms with van der Waals surface area (Å²) in [4.78, 5) is 15.4. The zero-order valence-corrected chi connectivity index (χ0v) is 10.8. The Bertz CT molecular complexity index is 370. The van der Waals surface area contributed by atoms with Crippen LogP contribution in [0.5, 0.6) is 0 Å². The first-order valence-corrected chi connectivity index (χ1v) is 6.14. The largest absolute Gasteiger partial charge is 0.394 e. The van der Waals surface area contributed by atoms with Gasteiger partial charge in [-0.05, 0) is 12.1 Å². The van der Waals surface area contributed by atoms with Gasteiger partial charge in [-0.3, -0.25) is 4.79 Å². The molecule has 0 fully saturated rings. The molecule has 0 saturated carbocycles. The Balaban J connectivity index is 2.29. The van der Waals surface area contributed by atoms with Gasteiger partial charge in [-0.15, -0.1) is 0 Å². The number of nitrogens with one attached hydrogen (secondary N) is 2. The minimum Gasteiger partial charge on any atom is -0.394 e. The fourth-order valence-electron chi connectivity index (χ4n) is 1.34. The second-order valence-electron chi connectivity index (χ2n) is 3.78. The molecule has 7 nitrogen and oxygen atoms in total. The van der Waals surface area contributed by atoms with Gasteiger partial charge in [0.15, 0.2) is 0 Å². The van der Waals surface area contributed by atoms with E-state index in [1.807, 2.05) is 6.07 Å². The highest BCUT2D eigenvalue weighted by Gasteiger charge is 2.01. The lowest BCUT2D eigenvalue weighted by Gasteiger charge is -2.08. The number of nitrogens with zero attached hydrogens (tertiary/aromatic N) is 1. The van der Waals surface area contributed by atoms with Crippen molar-refractivity contribution in [3.63, 3.8) is 0 Å². The normalized spacial score (nSPS) is 10.2. The Morgan fingerprint density at radius 3 is 2.89 bits per heavy atom. The van der Waals surface area contributed by atoms with Crippen LogP contribution in [0.3, 0.4) is 0 Å². The van der Waals surface area contributed by atoms with Gasteiger partial charge in [-0.2, -0.15) is 0 Å². The maximum atomic E-state index is 11.3. The van der Waals surface area contributed by atoms with Gasteiger partial charge in [0, 0.05) is 19.5 Å². The number of pyridine rings is 1. The molecule has 1 aromatic rings. The third-order valence-electron chi connectivity index (χ3n) is 2.21. The Morgan fingerprint density at radius 1 is 1.42 bits per heavy atom. The minimum absolute atomic E-state index is 0.0265. The Hall–Kier alpha value is -1.70. The van der Waals surface area contributed by atoms with Gasteiger partial charge >= 0.3 is 0 Å². The van der Waals surface area contributed by atoms with Crippen LogP contribution in [0.15, 0.2) is 18.3 Å². The first-order chi connectivity index (χ1) is 9.26. The van der Waals surface area contributed by atoms with E-state index in [1.165, 1.54) is 0 Å². The summed E-state index contributed by atoms with van der Waals surface area (Å²) >= 11 is 0. The molecule has 0 aromatic carbocycles. The van der Waals surface area contributed by atoms with Crippen LogP contribution in [-0.2, 0) is 9.53 Å². The molecule has 19 heavy (non-hydrogen) atoms. The summed E-state index contributed by atoms with van der Waals surface area (Å²) in [6.45, 7) is 1.82. The molecule has 0 aliphatic heterocycles. The number of nitrogens with two attached hydrogens (primary N) is 1. The number of amides is 1. The predicted octanol–water partition coefficient (Wildman–Crippen LogP) is -0.210. The van der Waals surface area contributed by atoms with E-state index >= 15 is 0 Å². The van der Waals surface area contributed by atoms with Crippen molar-refractivity contribution in [2.75, 3.05) is 43.5 Å². The van der Waals surface area contributed by atoms with Gasteiger partial charge in [0.1, 0.15) is 5.82 Å². The molecule has 0 aliphatic rings. The molecule has 0 unspecified atom stereocenters. The van der Waals surface area contributed by atoms with E-state index in [2.05, 4.69) is 15.6 Å². The summed E-state index contributed by atoms with van der Waals surface area (Å²) in [6, 6.07) is 3.53. The zero-order valence-electron chi connectivity index (χ0n) is 10.8. The van der Waals surface area contributed by atoms with Gasteiger partial charge < -0.3 is 26.2 Å². The van der Waals surface area contributed by atoms with E-state index < -0.39 is 0 Å². The minimum atomic E-state index is -0.145. The highest BCUT2D eigenvalue weighted by atomic mass is 16.5. The zero-order chi connectivity index (χ0) is 13.9. The van der Waals surface area contributed by atoms with Crippen LogP contribution >= 0.6 is 0 Å². The number of carbonyl (C=O) groups is 1. The molecule has 1 rings (SSSR count). The van der Waals surface area contributed by atoms with E-state index in [0.29, 0.717) is 32.1 Å². The smallest absolute Gasteiger partial charge is 0.226 e. The second kappa shape index (κ2) is 9.26. The summed E-state index contributed by atoms with van der Waals surface area (Å²) in [7, 11) is 0. The third kappa shape index (κ3) is 6.70. The van der Waals surface area contributed by atoms with Crippen molar-refractivity contribution in [2.45, 2.75) is 6.42 Å². The standard InChI is InChI=1S/C12H20N4O3/c13-4-3-12(18)16-11-2-1-10(9-15-11)14-5-7-19-8-6-17/h1-2,9,14,17H,3-8,13H2,(H,15,16,18). The predicted molar refractivity (Wildman–Crippen MR) is 72.9 cm³/mol. The molecule has 0 spiro atoms. The van der Waals surface area contributed by atoms with Crippen molar-refractivity contribution in [3.05, 3.63) is 18.3 Å². The van der Waals surface area contributed by atoms with Gasteiger partial charge in [-0.25, -0.2) is 4.98 Å². The lowest BCUT2D eigenvalue weighted by molar-refractivity contribution is -0.116. The molecule has 0 aliphatic carbocycles. The summed E-state index contributed by atoms with van der Waals surface area (Å²) in [5, 5.41) is 14.3. The van der Waals surface area contributed by atoms with Crippen LogP contribution in [0.1, 0.15) is 6.42 Å². The molecule has 0 atom stereocenters.